The standard InChI is InChI=1S/C14H15FN6O.C13H13Br2FN2O2/c15-11-4-3-9(18-14(22)21-5-1-2-6-21)7-10(11)12-8-17-20-13(16)19-12;14-12(15)11(19)9-7-8(3-4-10(9)16)17-13(20)18-5-1-2-6-18/h3-4,7-8H,1-2,5-6H2,(H,18,22)(H2,16,19,20);3-4,7,12H,1-2,5-6H2,(H,17,20). The molecule has 4 amide bonds. The molecule has 0 unspecified atom stereocenters. The van der Waals surface area contributed by atoms with E-state index in [-0.39, 0.29) is 34.8 Å². The van der Waals surface area contributed by atoms with Crippen LogP contribution in [-0.2, 0) is 0 Å². The number of carbonyl (C=O) groups excluding carboxylic acids is 3. The number of carbonyl (C=O) groups is 3. The zero-order chi connectivity index (χ0) is 30.2. The lowest BCUT2D eigenvalue weighted by Crippen LogP contribution is -2.32. The topological polar surface area (TPSA) is 146 Å². The predicted octanol–water partition coefficient (Wildman–Crippen LogP) is 5.64. The second-order valence-electron chi connectivity index (χ2n) is 9.50. The van der Waals surface area contributed by atoms with Gasteiger partial charge in [0.15, 0.2) is 5.78 Å². The lowest BCUT2D eigenvalue weighted by Gasteiger charge is -2.16. The van der Waals surface area contributed by atoms with Gasteiger partial charge in [0.25, 0.3) is 0 Å². The summed E-state index contributed by atoms with van der Waals surface area (Å²) in [6, 6.07) is 7.84. The van der Waals surface area contributed by atoms with Gasteiger partial charge in [-0.05, 0) is 62.1 Å². The van der Waals surface area contributed by atoms with Crippen LogP contribution in [0.4, 0.5) is 35.7 Å². The Bertz CT molecular complexity index is 1450. The molecule has 1 aromatic heterocycles. The first kappa shape index (κ1) is 31.2. The van der Waals surface area contributed by atoms with Crippen LogP contribution in [0.1, 0.15) is 36.0 Å². The molecule has 0 aliphatic carbocycles. The number of nitrogens with two attached hydrogens (primary N) is 1. The summed E-state index contributed by atoms with van der Waals surface area (Å²) in [5.41, 5.74) is 6.77. The highest BCUT2D eigenvalue weighted by atomic mass is 79.9. The molecule has 222 valence electrons. The van der Waals surface area contributed by atoms with Gasteiger partial charge in [-0.15, -0.1) is 5.10 Å². The molecule has 0 spiro atoms. The summed E-state index contributed by atoms with van der Waals surface area (Å²) in [5, 5.41) is 12.6. The van der Waals surface area contributed by atoms with Gasteiger partial charge in [-0.3, -0.25) is 4.79 Å². The number of rotatable bonds is 5. The summed E-state index contributed by atoms with van der Waals surface area (Å²) in [6.45, 7) is 2.94. The maximum Gasteiger partial charge on any atom is 0.321 e. The minimum absolute atomic E-state index is 0.0385. The molecular weight excluding hydrogens is 682 g/mol. The fourth-order valence-electron chi connectivity index (χ4n) is 4.40. The largest absolute Gasteiger partial charge is 0.366 e. The summed E-state index contributed by atoms with van der Waals surface area (Å²) in [4.78, 5) is 43.2. The van der Waals surface area contributed by atoms with Crippen molar-refractivity contribution in [1.29, 1.82) is 0 Å². The molecule has 0 bridgehead atoms. The molecule has 5 rings (SSSR count). The van der Waals surface area contributed by atoms with Crippen molar-refractivity contribution in [2.45, 2.75) is 29.4 Å². The summed E-state index contributed by atoms with van der Waals surface area (Å²) >= 11 is 6.09. The van der Waals surface area contributed by atoms with E-state index in [4.69, 9.17) is 5.73 Å². The Kier molecular flexibility index (Phi) is 10.7. The van der Waals surface area contributed by atoms with Crippen molar-refractivity contribution < 1.29 is 23.2 Å². The van der Waals surface area contributed by atoms with Crippen LogP contribution in [-0.4, -0.2) is 72.7 Å². The number of nitrogen functional groups attached to an aromatic ring is 1. The van der Waals surface area contributed by atoms with Gasteiger partial charge in [-0.2, -0.15) is 5.10 Å². The van der Waals surface area contributed by atoms with Gasteiger partial charge in [0.05, 0.1) is 17.5 Å². The number of hydrogen-bond acceptors (Lipinski definition) is 7. The third-order valence-electron chi connectivity index (χ3n) is 6.54. The van der Waals surface area contributed by atoms with Crippen LogP contribution < -0.4 is 16.4 Å². The minimum Gasteiger partial charge on any atom is -0.366 e. The zero-order valence-corrected chi connectivity index (χ0v) is 25.5. The maximum absolute atomic E-state index is 14.0. The molecule has 11 nitrogen and oxygen atoms in total. The molecular formula is C27H28Br2F2N8O3. The van der Waals surface area contributed by atoms with E-state index in [0.29, 0.717) is 11.4 Å². The van der Waals surface area contributed by atoms with Gasteiger partial charge in [0.2, 0.25) is 5.95 Å². The minimum atomic E-state index is -0.658. The van der Waals surface area contributed by atoms with Gasteiger partial charge < -0.3 is 26.2 Å². The van der Waals surface area contributed by atoms with Crippen LogP contribution in [0.5, 0.6) is 0 Å². The van der Waals surface area contributed by atoms with Gasteiger partial charge in [0.1, 0.15) is 15.4 Å². The molecule has 15 heteroatoms. The van der Waals surface area contributed by atoms with Crippen LogP contribution in [0.2, 0.25) is 0 Å². The Hall–Kier alpha value is -3.72. The first-order valence-electron chi connectivity index (χ1n) is 13.1. The van der Waals surface area contributed by atoms with Crippen LogP contribution >= 0.6 is 31.9 Å². The van der Waals surface area contributed by atoms with Crippen LogP contribution in [0.15, 0.2) is 42.6 Å². The Balaban J connectivity index is 0.000000194. The highest BCUT2D eigenvalue weighted by Crippen LogP contribution is 2.25. The molecule has 3 aromatic rings. The summed E-state index contributed by atoms with van der Waals surface area (Å²) in [6.07, 6.45) is 5.33. The molecule has 0 saturated carbocycles. The van der Waals surface area contributed by atoms with Crippen molar-refractivity contribution >= 4 is 67.0 Å². The molecule has 2 aliphatic rings. The fourth-order valence-corrected chi connectivity index (χ4v) is 4.89. The molecule has 2 fully saturated rings. The SMILES string of the molecule is Nc1nncc(-c2cc(NC(=O)N3CCCC3)ccc2F)n1.O=C(c1cc(NC(=O)N2CCCC2)ccc1F)C(Br)Br. The number of alkyl halides is 2. The third kappa shape index (κ3) is 8.18. The van der Waals surface area contributed by atoms with Crippen molar-refractivity contribution in [3.05, 3.63) is 59.8 Å². The van der Waals surface area contributed by atoms with Crippen molar-refractivity contribution in [3.8, 4) is 11.3 Å². The molecule has 0 atom stereocenters. The Morgan fingerprint density at radius 1 is 0.833 bits per heavy atom. The first-order valence-corrected chi connectivity index (χ1v) is 14.9. The number of benzene rings is 2. The van der Waals surface area contributed by atoms with E-state index in [1.54, 1.807) is 9.80 Å². The Morgan fingerprint density at radius 3 is 1.88 bits per heavy atom. The lowest BCUT2D eigenvalue weighted by atomic mass is 10.1. The van der Waals surface area contributed by atoms with Gasteiger partial charge >= 0.3 is 12.1 Å². The lowest BCUT2D eigenvalue weighted by molar-refractivity contribution is 0.101. The molecule has 2 aliphatic heterocycles. The maximum atomic E-state index is 14.0. The number of amides is 4. The second-order valence-corrected chi connectivity index (χ2v) is 12.6. The van der Waals surface area contributed by atoms with Crippen molar-refractivity contribution in [2.75, 3.05) is 42.5 Å². The van der Waals surface area contributed by atoms with E-state index in [1.807, 2.05) is 0 Å². The van der Waals surface area contributed by atoms with E-state index in [9.17, 15) is 23.2 Å². The zero-order valence-electron chi connectivity index (χ0n) is 22.3. The molecule has 2 aromatic carbocycles. The number of anilines is 3. The van der Waals surface area contributed by atoms with Gasteiger partial charge in [-0.1, -0.05) is 31.9 Å². The number of nitrogens with zero attached hydrogens (tertiary/aromatic N) is 5. The average Bonchev–Trinajstić information content (AvgIpc) is 3.70. The monoisotopic (exact) mass is 708 g/mol. The number of halogens is 4. The molecule has 42 heavy (non-hydrogen) atoms. The number of likely N-dealkylation sites (tertiary alicyclic amines) is 2. The van der Waals surface area contributed by atoms with Crippen molar-refractivity contribution in [3.63, 3.8) is 0 Å². The fraction of sp³-hybridized carbons (Fsp3) is 0.333. The summed E-state index contributed by atoms with van der Waals surface area (Å²) in [7, 11) is 0. The van der Waals surface area contributed by atoms with Crippen LogP contribution in [0.3, 0.4) is 0 Å². The Morgan fingerprint density at radius 2 is 1.36 bits per heavy atom. The third-order valence-corrected chi connectivity index (χ3v) is 7.37. The van der Waals surface area contributed by atoms with E-state index in [1.165, 1.54) is 42.6 Å². The number of urea groups is 2. The van der Waals surface area contributed by atoms with E-state index in [2.05, 4.69) is 57.7 Å². The number of hydrogen-bond donors (Lipinski definition) is 3. The Labute approximate surface area is 257 Å². The van der Waals surface area contributed by atoms with Crippen molar-refractivity contribution in [2.24, 2.45) is 0 Å². The number of nitrogens with one attached hydrogen (secondary N) is 2. The smallest absolute Gasteiger partial charge is 0.321 e. The molecule has 2 saturated heterocycles. The summed E-state index contributed by atoms with van der Waals surface area (Å²) < 4.78 is 26.9. The molecule has 3 heterocycles. The second kappa shape index (κ2) is 14.4. The molecule has 4 N–H and O–H groups in total. The quantitative estimate of drug-likeness (QED) is 0.230. The average molecular weight is 710 g/mol. The highest BCUT2D eigenvalue weighted by Gasteiger charge is 2.21. The van der Waals surface area contributed by atoms with E-state index < -0.39 is 21.2 Å². The number of ketones is 1. The normalized spacial score (nSPS) is 14.4. The van der Waals surface area contributed by atoms with Crippen LogP contribution in [0.25, 0.3) is 11.3 Å². The van der Waals surface area contributed by atoms with Crippen molar-refractivity contribution in [1.82, 2.24) is 25.0 Å². The van der Waals surface area contributed by atoms with E-state index in [0.717, 1.165) is 51.9 Å². The van der Waals surface area contributed by atoms with E-state index >= 15 is 0 Å². The number of aromatic nitrogens is 3. The first-order chi connectivity index (χ1) is 20.1. The summed E-state index contributed by atoms with van der Waals surface area (Å²) in [5.74, 6) is -1.56. The van der Waals surface area contributed by atoms with Gasteiger partial charge in [0, 0.05) is 43.1 Å². The number of Topliss-reactive ketones (excluding diaryl/α,β-unsaturated/α-hetero) is 1. The predicted molar refractivity (Wildman–Crippen MR) is 162 cm³/mol. The molecule has 0 radical (unpaired) electrons. The highest BCUT2D eigenvalue weighted by molar-refractivity contribution is 9.25. The van der Waals surface area contributed by atoms with Gasteiger partial charge in [-0.25, -0.2) is 23.4 Å². The van der Waals surface area contributed by atoms with Crippen LogP contribution in [0, 0.1) is 11.6 Å².